The minimum Gasteiger partial charge on any atom is -0.545 e. The fraction of sp³-hybridized carbons (Fsp3) is 0.667. The molecule has 0 atom stereocenters. The number of hydrogen-bond donors (Lipinski definition) is 0. The van der Waals surface area contributed by atoms with Crippen molar-refractivity contribution in [3.63, 3.8) is 0 Å². The lowest BCUT2D eigenvalue weighted by molar-refractivity contribution is -0.299. The first-order valence-electron chi connectivity index (χ1n) is 4.17. The van der Waals surface area contributed by atoms with Crippen LogP contribution in [0.1, 0.15) is 33.6 Å². The third kappa shape index (κ3) is 3.42. The molecular formula is C9H15O3-. The second kappa shape index (κ2) is 5.63. The van der Waals surface area contributed by atoms with Crippen LogP contribution in [0.4, 0.5) is 0 Å². The first kappa shape index (κ1) is 11.0. The van der Waals surface area contributed by atoms with Crippen molar-refractivity contribution in [3.05, 3.63) is 11.3 Å². The SMILES string of the molecule is CCCO/C(CC)=C(\C)C(=O)[O-]. The van der Waals surface area contributed by atoms with Crippen molar-refractivity contribution in [2.45, 2.75) is 33.6 Å². The molecule has 0 saturated heterocycles. The quantitative estimate of drug-likeness (QED) is 0.455. The Morgan fingerprint density at radius 1 is 1.42 bits per heavy atom. The minimum atomic E-state index is -1.15. The number of carboxylic acid groups (broad SMARTS) is 1. The van der Waals surface area contributed by atoms with Gasteiger partial charge in [0.1, 0.15) is 5.76 Å². The highest BCUT2D eigenvalue weighted by molar-refractivity contribution is 5.84. The van der Waals surface area contributed by atoms with Crippen LogP contribution in [-0.2, 0) is 9.53 Å². The topological polar surface area (TPSA) is 49.4 Å². The second-order valence-electron chi connectivity index (χ2n) is 2.54. The second-order valence-corrected chi connectivity index (χ2v) is 2.54. The summed E-state index contributed by atoms with van der Waals surface area (Å²) >= 11 is 0. The zero-order valence-corrected chi connectivity index (χ0v) is 7.85. The molecule has 0 aromatic carbocycles. The highest BCUT2D eigenvalue weighted by Gasteiger charge is 2.01. The van der Waals surface area contributed by atoms with Crippen LogP contribution in [0.25, 0.3) is 0 Å². The molecule has 0 heterocycles. The molecule has 0 radical (unpaired) electrons. The highest BCUT2D eigenvalue weighted by atomic mass is 16.5. The first-order valence-corrected chi connectivity index (χ1v) is 4.17. The Morgan fingerprint density at radius 2 is 2.00 bits per heavy atom. The maximum atomic E-state index is 10.4. The van der Waals surface area contributed by atoms with Crippen molar-refractivity contribution in [3.8, 4) is 0 Å². The predicted octanol–water partition coefficient (Wildman–Crippen LogP) is 0.847. The number of hydrogen-bond acceptors (Lipinski definition) is 3. The van der Waals surface area contributed by atoms with Gasteiger partial charge >= 0.3 is 0 Å². The summed E-state index contributed by atoms with van der Waals surface area (Å²) in [5, 5.41) is 10.4. The molecule has 0 saturated carbocycles. The van der Waals surface area contributed by atoms with Gasteiger partial charge in [-0.25, -0.2) is 0 Å². The standard InChI is InChI=1S/C9H16O3/c1-4-6-12-8(5-2)7(3)9(10)11/h4-6H2,1-3H3,(H,10,11)/p-1/b8-7+. The van der Waals surface area contributed by atoms with Crippen LogP contribution in [-0.4, -0.2) is 12.6 Å². The molecule has 0 spiro atoms. The lowest BCUT2D eigenvalue weighted by atomic mass is 10.2. The molecule has 0 N–H and O–H groups in total. The number of ether oxygens (including phenoxy) is 1. The summed E-state index contributed by atoms with van der Waals surface area (Å²) in [5.74, 6) is -0.625. The Morgan fingerprint density at radius 3 is 2.33 bits per heavy atom. The minimum absolute atomic E-state index is 0.200. The molecule has 0 aliphatic rings. The smallest absolute Gasteiger partial charge is 0.100 e. The monoisotopic (exact) mass is 171 g/mol. The van der Waals surface area contributed by atoms with E-state index in [-0.39, 0.29) is 5.57 Å². The van der Waals surface area contributed by atoms with E-state index in [4.69, 9.17) is 4.74 Å². The van der Waals surface area contributed by atoms with Crippen molar-refractivity contribution in [2.75, 3.05) is 6.61 Å². The Hall–Kier alpha value is -0.990. The molecule has 3 heteroatoms. The maximum absolute atomic E-state index is 10.4. The summed E-state index contributed by atoms with van der Waals surface area (Å²) < 4.78 is 5.22. The van der Waals surface area contributed by atoms with Gasteiger partial charge in [-0.15, -0.1) is 0 Å². The number of carboxylic acids is 1. The average Bonchev–Trinajstić information content (AvgIpc) is 2.05. The summed E-state index contributed by atoms with van der Waals surface area (Å²) in [6, 6.07) is 0. The van der Waals surface area contributed by atoms with E-state index in [1.165, 1.54) is 6.92 Å². The third-order valence-corrected chi connectivity index (χ3v) is 1.53. The van der Waals surface area contributed by atoms with Crippen LogP contribution < -0.4 is 5.11 Å². The molecule has 0 aliphatic heterocycles. The summed E-state index contributed by atoms with van der Waals surface area (Å²) in [6.45, 7) is 5.90. The number of rotatable bonds is 5. The van der Waals surface area contributed by atoms with E-state index in [0.717, 1.165) is 6.42 Å². The van der Waals surface area contributed by atoms with Crippen LogP contribution >= 0.6 is 0 Å². The van der Waals surface area contributed by atoms with Gasteiger partial charge in [-0.3, -0.25) is 0 Å². The molecular weight excluding hydrogens is 156 g/mol. The van der Waals surface area contributed by atoms with Crippen LogP contribution in [0.15, 0.2) is 11.3 Å². The van der Waals surface area contributed by atoms with Gasteiger partial charge in [-0.2, -0.15) is 0 Å². The van der Waals surface area contributed by atoms with Gasteiger partial charge in [0.15, 0.2) is 0 Å². The molecule has 70 valence electrons. The molecule has 0 unspecified atom stereocenters. The fourth-order valence-corrected chi connectivity index (χ4v) is 0.815. The average molecular weight is 171 g/mol. The van der Waals surface area contributed by atoms with Crippen molar-refractivity contribution in [1.82, 2.24) is 0 Å². The number of carbonyl (C=O) groups excluding carboxylic acids is 1. The van der Waals surface area contributed by atoms with E-state index < -0.39 is 5.97 Å². The maximum Gasteiger partial charge on any atom is 0.100 e. The lowest BCUT2D eigenvalue weighted by Gasteiger charge is -2.12. The Kier molecular flexibility index (Phi) is 5.17. The molecule has 0 amide bonds. The molecule has 3 nitrogen and oxygen atoms in total. The van der Waals surface area contributed by atoms with Crippen molar-refractivity contribution < 1.29 is 14.6 Å². The Bertz CT molecular complexity index is 182. The van der Waals surface area contributed by atoms with E-state index in [9.17, 15) is 9.90 Å². The van der Waals surface area contributed by atoms with Crippen molar-refractivity contribution in [2.24, 2.45) is 0 Å². The molecule has 0 bridgehead atoms. The van der Waals surface area contributed by atoms with E-state index in [1.807, 2.05) is 13.8 Å². The van der Waals surface area contributed by atoms with Gasteiger partial charge in [0, 0.05) is 12.0 Å². The summed E-state index contributed by atoms with van der Waals surface area (Å²) in [5.41, 5.74) is 0.200. The van der Waals surface area contributed by atoms with E-state index in [2.05, 4.69) is 0 Å². The molecule has 0 aromatic rings. The molecule has 0 fully saturated rings. The van der Waals surface area contributed by atoms with Gasteiger partial charge in [-0.1, -0.05) is 13.8 Å². The number of aliphatic carboxylic acids is 1. The largest absolute Gasteiger partial charge is 0.545 e. The van der Waals surface area contributed by atoms with Crippen molar-refractivity contribution >= 4 is 5.97 Å². The summed E-state index contributed by atoms with van der Waals surface area (Å²) in [4.78, 5) is 10.4. The zero-order chi connectivity index (χ0) is 9.56. The third-order valence-electron chi connectivity index (χ3n) is 1.53. The van der Waals surface area contributed by atoms with Gasteiger partial charge < -0.3 is 14.6 Å². The number of allylic oxidation sites excluding steroid dienone is 1. The van der Waals surface area contributed by atoms with Crippen LogP contribution in [0.5, 0.6) is 0 Å². The van der Waals surface area contributed by atoms with E-state index in [0.29, 0.717) is 18.8 Å². The number of carbonyl (C=O) groups is 1. The molecule has 0 aliphatic carbocycles. The van der Waals surface area contributed by atoms with Crippen LogP contribution in [0.3, 0.4) is 0 Å². The van der Waals surface area contributed by atoms with Crippen molar-refractivity contribution in [1.29, 1.82) is 0 Å². The predicted molar refractivity (Wildman–Crippen MR) is 44.2 cm³/mol. The fourth-order valence-electron chi connectivity index (χ4n) is 0.815. The Balaban J connectivity index is 4.28. The molecule has 12 heavy (non-hydrogen) atoms. The van der Waals surface area contributed by atoms with E-state index >= 15 is 0 Å². The normalized spacial score (nSPS) is 12.2. The van der Waals surface area contributed by atoms with Gasteiger partial charge in [0.25, 0.3) is 0 Å². The summed E-state index contributed by atoms with van der Waals surface area (Å²) in [7, 11) is 0. The van der Waals surface area contributed by atoms with Gasteiger partial charge in [-0.05, 0) is 13.3 Å². The first-order chi connectivity index (χ1) is 5.63. The zero-order valence-electron chi connectivity index (χ0n) is 7.85. The highest BCUT2D eigenvalue weighted by Crippen LogP contribution is 2.09. The Labute approximate surface area is 73.0 Å². The van der Waals surface area contributed by atoms with E-state index in [1.54, 1.807) is 0 Å². The summed E-state index contributed by atoms with van der Waals surface area (Å²) in [6.07, 6.45) is 1.48. The molecule has 0 aromatic heterocycles. The lowest BCUT2D eigenvalue weighted by Crippen LogP contribution is -2.24. The molecule has 0 rings (SSSR count). The van der Waals surface area contributed by atoms with Crippen LogP contribution in [0, 0.1) is 0 Å². The van der Waals surface area contributed by atoms with Gasteiger partial charge in [0.2, 0.25) is 0 Å². The van der Waals surface area contributed by atoms with Crippen LogP contribution in [0.2, 0.25) is 0 Å². The van der Waals surface area contributed by atoms with Gasteiger partial charge in [0.05, 0.1) is 12.6 Å².